The van der Waals surface area contributed by atoms with Crippen LogP contribution in [0.4, 0.5) is 0 Å². The van der Waals surface area contributed by atoms with Gasteiger partial charge in [0.1, 0.15) is 26.4 Å². The van der Waals surface area contributed by atoms with E-state index in [1.807, 2.05) is 43.2 Å². The SMILES string of the molecule is CCCCCCCCSSCCOC(=O)CCN(CCCN(CCCN(CCC(=O)OCCSSCCCCCCCC)CCC(=O)OCCSSCCCCCCCC)C(C)C)CCC(=O)OCCSSCCCCCCCC. The predicted molar refractivity (Wildman–Crippen MR) is 364 cm³/mol. The molecule has 19 heteroatoms. The molecule has 0 radical (unpaired) electrons. The van der Waals surface area contributed by atoms with Gasteiger partial charge >= 0.3 is 23.9 Å². The minimum atomic E-state index is -0.191. The Morgan fingerprint density at radius 3 is 0.750 bits per heavy atom. The van der Waals surface area contributed by atoms with Crippen LogP contribution in [0.2, 0.25) is 0 Å². The normalized spacial score (nSPS) is 11.7. The molecule has 11 nitrogen and oxygen atoms in total. The zero-order chi connectivity index (χ0) is 58.5. The molecular formula is C61H119N3O8S8. The van der Waals surface area contributed by atoms with Gasteiger partial charge in [0, 0.05) is 78.2 Å². The van der Waals surface area contributed by atoms with E-state index in [0.29, 0.717) is 58.6 Å². The van der Waals surface area contributed by atoms with Gasteiger partial charge < -0.3 is 33.6 Å². The highest BCUT2D eigenvalue weighted by Crippen LogP contribution is 2.26. The van der Waals surface area contributed by atoms with Gasteiger partial charge in [-0.3, -0.25) is 19.2 Å². The molecule has 0 bridgehead atoms. The lowest BCUT2D eigenvalue weighted by Crippen LogP contribution is -2.38. The van der Waals surface area contributed by atoms with E-state index < -0.39 is 0 Å². The maximum atomic E-state index is 12.9. The molecule has 0 aromatic carbocycles. The van der Waals surface area contributed by atoms with Gasteiger partial charge in [0.15, 0.2) is 0 Å². The molecule has 0 aromatic rings. The van der Waals surface area contributed by atoms with Crippen LogP contribution in [0, 0.1) is 0 Å². The molecular weight excluding hydrogens is 1160 g/mol. The second-order valence-corrected chi connectivity index (χ2v) is 31.9. The van der Waals surface area contributed by atoms with Crippen molar-refractivity contribution in [2.45, 2.75) is 240 Å². The molecule has 0 aliphatic carbocycles. The van der Waals surface area contributed by atoms with Gasteiger partial charge in [0.25, 0.3) is 0 Å². The third kappa shape index (κ3) is 60.3. The first kappa shape index (κ1) is 80.6. The molecule has 0 unspecified atom stereocenters. The zero-order valence-corrected chi connectivity index (χ0v) is 58.3. The summed E-state index contributed by atoms with van der Waals surface area (Å²) < 4.78 is 22.6. The number of ether oxygens (including phenoxy) is 4. The fourth-order valence-corrected chi connectivity index (χ4v) is 16.5. The highest BCUT2D eigenvalue weighted by Gasteiger charge is 2.17. The molecule has 0 aromatic heterocycles. The smallest absolute Gasteiger partial charge is 0.307 e. The third-order valence-electron chi connectivity index (χ3n) is 13.5. The van der Waals surface area contributed by atoms with Gasteiger partial charge in [-0.2, -0.15) is 0 Å². The van der Waals surface area contributed by atoms with E-state index in [1.54, 1.807) is 43.2 Å². The van der Waals surface area contributed by atoms with Gasteiger partial charge in [-0.1, -0.05) is 242 Å². The zero-order valence-electron chi connectivity index (χ0n) is 51.8. The summed E-state index contributed by atoms with van der Waals surface area (Å²) in [7, 11) is 14.7. The molecule has 0 aliphatic rings. The summed E-state index contributed by atoms with van der Waals surface area (Å²) in [4.78, 5) is 58.6. The standard InChI is InChI=1S/C61H119N3O8S8/c1-7-11-15-19-23-27-49-73-77-53-45-69-58(65)33-41-62(42-34-59(66)70-46-54-78-74-50-28-24-20-16-12-8-2)37-31-39-64(57(5)6)40-32-38-63(43-35-60(67)71-47-55-79-75-51-29-25-21-17-13-9-3)44-36-61(68)72-48-56-80-76-52-30-26-22-18-14-10-4/h57H,7-56H2,1-6H3. The summed E-state index contributed by atoms with van der Waals surface area (Å²) in [5.41, 5.74) is 0. The van der Waals surface area contributed by atoms with E-state index >= 15 is 0 Å². The Morgan fingerprint density at radius 2 is 0.512 bits per heavy atom. The van der Waals surface area contributed by atoms with Gasteiger partial charge in [-0.05, 0) is 78.6 Å². The molecule has 0 fully saturated rings. The van der Waals surface area contributed by atoms with Crippen molar-refractivity contribution in [1.82, 2.24) is 14.7 Å². The van der Waals surface area contributed by atoms with Crippen molar-refractivity contribution in [3.05, 3.63) is 0 Å². The molecule has 0 N–H and O–H groups in total. The van der Waals surface area contributed by atoms with Crippen LogP contribution in [0.5, 0.6) is 0 Å². The van der Waals surface area contributed by atoms with E-state index in [-0.39, 0.29) is 49.6 Å². The second kappa shape index (κ2) is 65.5. The first-order valence-corrected chi connectivity index (χ1v) is 41.9. The average molecular weight is 1280 g/mol. The minimum Gasteiger partial charge on any atom is -0.465 e. The summed E-state index contributed by atoms with van der Waals surface area (Å²) in [6.45, 7) is 20.5. The fraction of sp³-hybridized carbons (Fsp3) is 0.934. The monoisotopic (exact) mass is 1280 g/mol. The first-order valence-electron chi connectivity index (χ1n) is 31.9. The van der Waals surface area contributed by atoms with Crippen LogP contribution in [-0.2, 0) is 38.1 Å². The molecule has 0 saturated heterocycles. The van der Waals surface area contributed by atoms with Gasteiger partial charge in [0.2, 0.25) is 0 Å². The van der Waals surface area contributed by atoms with Crippen molar-refractivity contribution in [1.29, 1.82) is 0 Å². The Kier molecular flexibility index (Phi) is 66.0. The Bertz CT molecular complexity index is 1190. The lowest BCUT2D eigenvalue weighted by molar-refractivity contribution is -0.145. The van der Waals surface area contributed by atoms with Crippen molar-refractivity contribution in [3.63, 3.8) is 0 Å². The van der Waals surface area contributed by atoms with Crippen molar-refractivity contribution in [2.24, 2.45) is 0 Å². The summed E-state index contributed by atoms with van der Waals surface area (Å²) in [6.07, 6.45) is 34.1. The molecule has 0 heterocycles. The van der Waals surface area contributed by atoms with E-state index in [4.69, 9.17) is 18.9 Å². The number of unbranched alkanes of at least 4 members (excludes halogenated alkanes) is 20. The molecule has 474 valence electrons. The molecule has 0 saturated carbocycles. The summed E-state index contributed by atoms with van der Waals surface area (Å²) in [5.74, 6) is 6.94. The highest BCUT2D eigenvalue weighted by molar-refractivity contribution is 8.77. The minimum absolute atomic E-state index is 0.191. The lowest BCUT2D eigenvalue weighted by atomic mass is 10.1. The van der Waals surface area contributed by atoms with Crippen LogP contribution in [-0.4, -0.2) is 169 Å². The van der Waals surface area contributed by atoms with E-state index in [9.17, 15) is 19.2 Å². The molecule has 0 atom stereocenters. The largest absolute Gasteiger partial charge is 0.465 e. The van der Waals surface area contributed by atoms with Gasteiger partial charge in [0.05, 0.1) is 25.7 Å². The van der Waals surface area contributed by atoms with Crippen LogP contribution < -0.4 is 0 Å². The number of hydrogen-bond donors (Lipinski definition) is 0. The third-order valence-corrected chi connectivity index (χ3v) is 23.3. The second-order valence-electron chi connectivity index (χ2n) is 21.0. The maximum absolute atomic E-state index is 12.9. The molecule has 80 heavy (non-hydrogen) atoms. The Morgan fingerprint density at radius 1 is 0.287 bits per heavy atom. The summed E-state index contributed by atoms with van der Waals surface area (Å²) >= 11 is 0. The summed E-state index contributed by atoms with van der Waals surface area (Å²) in [6, 6.07) is 0.319. The van der Waals surface area contributed by atoms with Crippen LogP contribution in [0.1, 0.15) is 234 Å². The van der Waals surface area contributed by atoms with Crippen molar-refractivity contribution in [3.8, 4) is 0 Å². The van der Waals surface area contributed by atoms with E-state index in [2.05, 4.69) is 56.2 Å². The van der Waals surface area contributed by atoms with Crippen LogP contribution >= 0.6 is 86.4 Å². The number of rotatable bonds is 65. The number of carbonyl (C=O) groups excluding carboxylic acids is 4. The molecule has 0 amide bonds. The molecule has 0 rings (SSSR count). The highest BCUT2D eigenvalue weighted by atomic mass is 33.1. The van der Waals surface area contributed by atoms with Crippen molar-refractivity contribution in [2.75, 3.05) is 125 Å². The van der Waals surface area contributed by atoms with Crippen molar-refractivity contribution >= 4 is 110 Å². The van der Waals surface area contributed by atoms with Crippen LogP contribution in [0.15, 0.2) is 0 Å². The lowest BCUT2D eigenvalue weighted by Gasteiger charge is -2.29. The first-order chi connectivity index (χ1) is 39.2. The van der Waals surface area contributed by atoms with Gasteiger partial charge in [-0.25, -0.2) is 0 Å². The average Bonchev–Trinajstić information content (AvgIpc) is 3.45. The van der Waals surface area contributed by atoms with Crippen molar-refractivity contribution < 1.29 is 38.1 Å². The number of hydrogen-bond acceptors (Lipinski definition) is 19. The molecule has 0 spiro atoms. The van der Waals surface area contributed by atoms with Crippen LogP contribution in [0.25, 0.3) is 0 Å². The predicted octanol–water partition coefficient (Wildman–Crippen LogP) is 17.8. The Balaban J connectivity index is 5.25. The van der Waals surface area contributed by atoms with Gasteiger partial charge in [-0.15, -0.1) is 0 Å². The Hall–Kier alpha value is 0.560. The number of carbonyl (C=O) groups is 4. The summed E-state index contributed by atoms with van der Waals surface area (Å²) in [5, 5.41) is 0. The topological polar surface area (TPSA) is 115 Å². The molecule has 0 aliphatic heterocycles. The van der Waals surface area contributed by atoms with E-state index in [1.165, 1.54) is 154 Å². The quantitative estimate of drug-likeness (QED) is 0.0249. The number of nitrogens with zero attached hydrogens (tertiary/aromatic N) is 3. The van der Waals surface area contributed by atoms with E-state index in [0.717, 1.165) is 85.0 Å². The van der Waals surface area contributed by atoms with Crippen LogP contribution in [0.3, 0.4) is 0 Å². The number of esters is 4. The fourth-order valence-electron chi connectivity index (χ4n) is 8.57. The Labute approximate surface area is 524 Å². The maximum Gasteiger partial charge on any atom is 0.307 e.